The Labute approximate surface area is 267 Å². The van der Waals surface area contributed by atoms with Gasteiger partial charge in [0.15, 0.2) is 0 Å². The molecule has 5 nitrogen and oxygen atoms in total. The first-order chi connectivity index (χ1) is 20.6. The molecule has 2 heterocycles. The minimum absolute atomic E-state index is 0. The molecule has 0 N–H and O–H groups in total. The zero-order valence-electron chi connectivity index (χ0n) is 24.1. The Kier molecular flexibility index (Phi) is 13.8. The average molecular weight is 741 g/mol. The van der Waals surface area contributed by atoms with Crippen LogP contribution in [0, 0.1) is 12.7 Å². The summed E-state index contributed by atoms with van der Waals surface area (Å²) in [6, 6.07) is 44.2. The van der Waals surface area contributed by atoms with Gasteiger partial charge in [-0.25, -0.2) is 0 Å². The molecule has 0 fully saturated rings. The Bertz CT molecular complexity index is 1420. The summed E-state index contributed by atoms with van der Waals surface area (Å²) in [6.45, 7) is 3.62. The van der Waals surface area contributed by atoms with Crippen LogP contribution in [0.1, 0.15) is 26.7 Å². The number of aromatic nitrogens is 4. The molecule has 0 atom stereocenters. The molecule has 0 aliphatic heterocycles. The SMILES string of the molecule is CCCC(C)=O.[Ir+3].[c-]1nc(-c2ccccc2)cc(-c2ccccc2)n1.[c-]1nc(-c2ccccc2)cc(-c2ccccc2)n1. The summed E-state index contributed by atoms with van der Waals surface area (Å²) in [4.78, 5) is 26.8. The molecule has 0 aliphatic carbocycles. The van der Waals surface area contributed by atoms with Crippen molar-refractivity contribution in [2.75, 3.05) is 0 Å². The van der Waals surface area contributed by atoms with Crippen molar-refractivity contribution in [3.05, 3.63) is 146 Å². The minimum atomic E-state index is 0. The average Bonchev–Trinajstić information content (AvgIpc) is 3.07. The molecule has 0 spiro atoms. The molecule has 0 saturated heterocycles. The molecule has 0 saturated carbocycles. The van der Waals surface area contributed by atoms with Crippen LogP contribution < -0.4 is 0 Å². The van der Waals surface area contributed by atoms with Crippen LogP contribution in [0.15, 0.2) is 133 Å². The number of carbonyl (C=O) groups excluding carboxylic acids is 1. The van der Waals surface area contributed by atoms with Gasteiger partial charge in [0.05, 0.1) is 0 Å². The van der Waals surface area contributed by atoms with Crippen LogP contribution in [-0.2, 0) is 24.9 Å². The van der Waals surface area contributed by atoms with E-state index in [1.54, 1.807) is 6.92 Å². The first kappa shape index (κ1) is 32.9. The van der Waals surface area contributed by atoms with Gasteiger partial charge in [0, 0.05) is 19.1 Å². The molecule has 4 aromatic carbocycles. The van der Waals surface area contributed by atoms with E-state index in [0.717, 1.165) is 57.9 Å². The molecule has 6 heteroatoms. The van der Waals surface area contributed by atoms with E-state index in [4.69, 9.17) is 0 Å². The Morgan fingerprint density at radius 2 is 0.767 bits per heavy atom. The number of rotatable bonds is 6. The zero-order chi connectivity index (χ0) is 29.4. The molecule has 6 rings (SSSR count). The first-order valence-corrected chi connectivity index (χ1v) is 13.9. The van der Waals surface area contributed by atoms with E-state index in [9.17, 15) is 4.79 Å². The Morgan fingerprint density at radius 1 is 0.512 bits per heavy atom. The van der Waals surface area contributed by atoms with Crippen molar-refractivity contribution >= 4 is 5.78 Å². The van der Waals surface area contributed by atoms with E-state index >= 15 is 0 Å². The fourth-order valence-electron chi connectivity index (χ4n) is 4.03. The van der Waals surface area contributed by atoms with Gasteiger partial charge in [-0.15, -0.1) is 12.1 Å². The number of ketones is 1. The molecule has 0 unspecified atom stereocenters. The maximum Gasteiger partial charge on any atom is 3.00 e. The molecular formula is C37H32IrN4O+. The molecule has 43 heavy (non-hydrogen) atoms. The van der Waals surface area contributed by atoms with Gasteiger partial charge in [-0.1, -0.05) is 151 Å². The second-order valence-electron chi connectivity index (χ2n) is 9.39. The fourth-order valence-corrected chi connectivity index (χ4v) is 4.03. The third kappa shape index (κ3) is 10.6. The predicted molar refractivity (Wildman–Crippen MR) is 169 cm³/mol. The van der Waals surface area contributed by atoms with Crippen molar-refractivity contribution in [3.63, 3.8) is 0 Å². The van der Waals surface area contributed by atoms with Crippen LogP contribution >= 0.6 is 0 Å². The van der Waals surface area contributed by atoms with Crippen LogP contribution in [0.2, 0.25) is 0 Å². The summed E-state index contributed by atoms with van der Waals surface area (Å²) >= 11 is 0. The van der Waals surface area contributed by atoms with E-state index in [2.05, 4.69) is 32.6 Å². The molecule has 0 amide bonds. The molecule has 0 radical (unpaired) electrons. The molecule has 2 aromatic heterocycles. The van der Waals surface area contributed by atoms with Crippen molar-refractivity contribution in [1.29, 1.82) is 0 Å². The third-order valence-corrected chi connectivity index (χ3v) is 6.11. The third-order valence-electron chi connectivity index (χ3n) is 6.11. The van der Waals surface area contributed by atoms with Gasteiger partial charge in [0.1, 0.15) is 5.78 Å². The molecule has 6 aromatic rings. The summed E-state index contributed by atoms with van der Waals surface area (Å²) in [7, 11) is 0. The maximum absolute atomic E-state index is 10.0. The van der Waals surface area contributed by atoms with Crippen molar-refractivity contribution in [2.45, 2.75) is 26.7 Å². The van der Waals surface area contributed by atoms with Gasteiger partial charge < -0.3 is 24.7 Å². The van der Waals surface area contributed by atoms with Gasteiger partial charge in [0.2, 0.25) is 0 Å². The van der Waals surface area contributed by atoms with Crippen molar-refractivity contribution in [2.24, 2.45) is 0 Å². The van der Waals surface area contributed by atoms with E-state index in [1.807, 2.05) is 140 Å². The zero-order valence-corrected chi connectivity index (χ0v) is 26.5. The Balaban J connectivity index is 0.000000195. The van der Waals surface area contributed by atoms with E-state index < -0.39 is 0 Å². The van der Waals surface area contributed by atoms with E-state index in [-0.39, 0.29) is 25.9 Å². The standard InChI is InChI=1S/2C16H11N2.C5H10O.Ir/c2*1-3-7-13(8-4-1)15-11-16(18-12-17-15)14-9-5-2-6-10-14;1-3-4-5(2)6;/h2*1-11H;3-4H2,1-2H3;/q2*-1;;+3. The summed E-state index contributed by atoms with van der Waals surface area (Å²) in [6.07, 6.45) is 7.17. The van der Waals surface area contributed by atoms with Crippen molar-refractivity contribution < 1.29 is 24.9 Å². The number of carbonyl (C=O) groups is 1. The van der Waals surface area contributed by atoms with Gasteiger partial charge in [-0.2, -0.15) is 0 Å². The topological polar surface area (TPSA) is 68.6 Å². The Hall–Kier alpha value is -4.64. The van der Waals surface area contributed by atoms with Crippen molar-refractivity contribution in [3.8, 4) is 45.0 Å². The summed E-state index contributed by atoms with van der Waals surface area (Å²) in [5, 5.41) is 0. The van der Waals surface area contributed by atoms with Crippen LogP contribution in [0.25, 0.3) is 45.0 Å². The van der Waals surface area contributed by atoms with Gasteiger partial charge >= 0.3 is 20.1 Å². The fraction of sp³-hybridized carbons (Fsp3) is 0.108. The summed E-state index contributed by atoms with van der Waals surface area (Å²) in [5.74, 6) is 0.289. The predicted octanol–water partition coefficient (Wildman–Crippen LogP) is 8.59. The molecule has 0 aliphatic rings. The smallest absolute Gasteiger partial charge is 0.366 e. The van der Waals surface area contributed by atoms with Crippen LogP contribution in [0.3, 0.4) is 0 Å². The number of nitrogens with zero attached hydrogens (tertiary/aromatic N) is 4. The maximum atomic E-state index is 10.0. The second kappa shape index (κ2) is 18.0. The second-order valence-corrected chi connectivity index (χ2v) is 9.39. The quantitative estimate of drug-likeness (QED) is 0.160. The summed E-state index contributed by atoms with van der Waals surface area (Å²) in [5.41, 5.74) is 7.88. The first-order valence-electron chi connectivity index (χ1n) is 13.9. The Morgan fingerprint density at radius 3 is 0.953 bits per heavy atom. The normalized spacial score (nSPS) is 9.72. The van der Waals surface area contributed by atoms with E-state index in [1.165, 1.54) is 0 Å². The van der Waals surface area contributed by atoms with Crippen LogP contribution in [0.4, 0.5) is 0 Å². The van der Waals surface area contributed by atoms with Gasteiger partial charge in [-0.3, -0.25) is 0 Å². The molecule has 214 valence electrons. The number of hydrogen-bond acceptors (Lipinski definition) is 5. The monoisotopic (exact) mass is 741 g/mol. The molecule has 0 bridgehead atoms. The number of benzene rings is 4. The van der Waals surface area contributed by atoms with Crippen LogP contribution in [0.5, 0.6) is 0 Å². The summed E-state index contributed by atoms with van der Waals surface area (Å²) < 4.78 is 0. The largest absolute Gasteiger partial charge is 3.00 e. The van der Waals surface area contributed by atoms with Gasteiger partial charge in [0.25, 0.3) is 0 Å². The molecular weight excluding hydrogens is 709 g/mol. The number of hydrogen-bond donors (Lipinski definition) is 0. The van der Waals surface area contributed by atoms with Crippen molar-refractivity contribution in [1.82, 2.24) is 19.9 Å². The van der Waals surface area contributed by atoms with Crippen LogP contribution in [-0.4, -0.2) is 25.7 Å². The number of Topliss-reactive ketones (excluding diaryl/α,β-unsaturated/α-hetero) is 1. The van der Waals surface area contributed by atoms with Gasteiger partial charge in [-0.05, 0) is 36.1 Å². The van der Waals surface area contributed by atoms with E-state index in [0.29, 0.717) is 0 Å². The minimum Gasteiger partial charge on any atom is -0.366 e.